The third-order valence-corrected chi connectivity index (χ3v) is 4.14. The lowest BCUT2D eigenvalue weighted by Gasteiger charge is -2.25. The number of halogens is 2. The summed E-state index contributed by atoms with van der Waals surface area (Å²) in [4.78, 5) is 28.4. The van der Waals surface area contributed by atoms with Crippen LogP contribution in [0.15, 0.2) is 35.1 Å². The largest absolute Gasteiger partial charge is 0.391 e. The van der Waals surface area contributed by atoms with Crippen molar-refractivity contribution in [2.75, 3.05) is 6.54 Å². The van der Waals surface area contributed by atoms with E-state index in [1.165, 1.54) is 11.0 Å². The highest BCUT2D eigenvalue weighted by Gasteiger charge is 2.37. The van der Waals surface area contributed by atoms with Gasteiger partial charge in [-0.05, 0) is 43.7 Å². The average molecular weight is 334 g/mol. The Labute approximate surface area is 136 Å². The number of aromatic amines is 1. The van der Waals surface area contributed by atoms with Gasteiger partial charge in [-0.1, -0.05) is 0 Å². The van der Waals surface area contributed by atoms with Crippen LogP contribution < -0.4 is 5.56 Å². The molecule has 3 rings (SSSR count). The van der Waals surface area contributed by atoms with Gasteiger partial charge in [0.2, 0.25) is 0 Å². The monoisotopic (exact) mass is 334 g/mol. The summed E-state index contributed by atoms with van der Waals surface area (Å²) in [5.41, 5.74) is -0.0643. The summed E-state index contributed by atoms with van der Waals surface area (Å²) in [6.45, 7) is 1.63. The van der Waals surface area contributed by atoms with Crippen molar-refractivity contribution in [1.82, 2.24) is 9.88 Å². The molecule has 1 aromatic carbocycles. The first-order valence-electron chi connectivity index (χ1n) is 7.50. The Balaban J connectivity index is 2.00. The summed E-state index contributed by atoms with van der Waals surface area (Å²) in [7, 11) is 0. The van der Waals surface area contributed by atoms with Crippen molar-refractivity contribution in [3.8, 4) is 0 Å². The van der Waals surface area contributed by atoms with E-state index < -0.39 is 35.2 Å². The number of aryl methyl sites for hydroxylation is 1. The zero-order valence-corrected chi connectivity index (χ0v) is 12.9. The van der Waals surface area contributed by atoms with Gasteiger partial charge in [0.15, 0.2) is 0 Å². The van der Waals surface area contributed by atoms with Crippen molar-refractivity contribution < 1.29 is 18.7 Å². The standard InChI is InChI=1S/C17H16F2N2O3/c1-9-2-4-12(16(23)20-9)17(24)21-8-11(22)7-15(21)13-6-10(18)3-5-14(13)19/h2-6,11,15,22H,7-8H2,1H3,(H,20,23)/t11-,15+/m1/s1. The molecular weight excluding hydrogens is 318 g/mol. The molecule has 0 spiro atoms. The number of benzene rings is 1. The fourth-order valence-electron chi connectivity index (χ4n) is 3.00. The minimum absolute atomic E-state index is 0.0107. The van der Waals surface area contributed by atoms with Crippen LogP contribution in [0, 0.1) is 18.6 Å². The lowest BCUT2D eigenvalue weighted by molar-refractivity contribution is 0.0712. The third kappa shape index (κ3) is 2.94. The molecule has 5 nitrogen and oxygen atoms in total. The van der Waals surface area contributed by atoms with Crippen molar-refractivity contribution in [2.24, 2.45) is 0 Å². The first kappa shape index (κ1) is 16.3. The number of H-pyrrole nitrogens is 1. The highest BCUT2D eigenvalue weighted by Crippen LogP contribution is 2.34. The molecule has 2 heterocycles. The van der Waals surface area contributed by atoms with Gasteiger partial charge in [0, 0.05) is 17.8 Å². The number of carbonyl (C=O) groups excluding carboxylic acids is 1. The van der Waals surface area contributed by atoms with E-state index in [-0.39, 0.29) is 24.1 Å². The van der Waals surface area contributed by atoms with Gasteiger partial charge in [-0.2, -0.15) is 0 Å². The number of nitrogens with one attached hydrogen (secondary N) is 1. The fraction of sp³-hybridized carbons (Fsp3) is 0.294. The van der Waals surface area contributed by atoms with Crippen molar-refractivity contribution in [3.05, 3.63) is 69.1 Å². The lowest BCUT2D eigenvalue weighted by atomic mass is 10.0. The van der Waals surface area contributed by atoms with E-state index in [0.717, 1.165) is 18.2 Å². The number of hydrogen-bond acceptors (Lipinski definition) is 3. The Morgan fingerprint density at radius 3 is 2.75 bits per heavy atom. The number of aromatic nitrogens is 1. The second-order valence-electron chi connectivity index (χ2n) is 5.91. The highest BCUT2D eigenvalue weighted by atomic mass is 19.1. The predicted molar refractivity (Wildman–Crippen MR) is 82.6 cm³/mol. The van der Waals surface area contributed by atoms with Gasteiger partial charge in [-0.3, -0.25) is 9.59 Å². The average Bonchev–Trinajstić information content (AvgIpc) is 2.91. The van der Waals surface area contributed by atoms with Crippen LogP contribution in [0.1, 0.15) is 34.1 Å². The van der Waals surface area contributed by atoms with Gasteiger partial charge in [0.05, 0.1) is 12.1 Å². The number of hydrogen-bond donors (Lipinski definition) is 2. The lowest BCUT2D eigenvalue weighted by Crippen LogP contribution is -2.35. The van der Waals surface area contributed by atoms with E-state index in [9.17, 15) is 23.5 Å². The summed E-state index contributed by atoms with van der Waals surface area (Å²) in [5.74, 6) is -1.92. The second-order valence-corrected chi connectivity index (χ2v) is 5.91. The van der Waals surface area contributed by atoms with E-state index >= 15 is 0 Å². The van der Waals surface area contributed by atoms with Crippen LogP contribution >= 0.6 is 0 Å². The number of likely N-dealkylation sites (tertiary alicyclic amines) is 1. The number of carbonyl (C=O) groups is 1. The number of β-amino-alcohol motifs (C(OH)–C–C–N with tert-alkyl or cyclic N) is 1. The smallest absolute Gasteiger partial charge is 0.260 e. The predicted octanol–water partition coefficient (Wildman–Crippen LogP) is 1.91. The maximum absolute atomic E-state index is 14.1. The summed E-state index contributed by atoms with van der Waals surface area (Å²) in [6.07, 6.45) is -0.790. The van der Waals surface area contributed by atoms with Crippen LogP contribution in [0.2, 0.25) is 0 Å². The zero-order valence-electron chi connectivity index (χ0n) is 12.9. The molecular formula is C17H16F2N2O3. The topological polar surface area (TPSA) is 73.4 Å². The van der Waals surface area contributed by atoms with Crippen molar-refractivity contribution in [3.63, 3.8) is 0 Å². The Hall–Kier alpha value is -2.54. The molecule has 126 valence electrons. The van der Waals surface area contributed by atoms with Gasteiger partial charge in [0.1, 0.15) is 17.2 Å². The van der Waals surface area contributed by atoms with Crippen molar-refractivity contribution in [1.29, 1.82) is 0 Å². The highest BCUT2D eigenvalue weighted by molar-refractivity contribution is 5.94. The Morgan fingerprint density at radius 2 is 2.04 bits per heavy atom. The van der Waals surface area contributed by atoms with Gasteiger partial charge in [0.25, 0.3) is 11.5 Å². The second kappa shape index (κ2) is 6.16. The van der Waals surface area contributed by atoms with Gasteiger partial charge in [-0.15, -0.1) is 0 Å². The molecule has 1 aliphatic heterocycles. The normalized spacial score (nSPS) is 20.4. The molecule has 0 aliphatic carbocycles. The SMILES string of the molecule is Cc1ccc(C(=O)N2C[C@H](O)C[C@H]2c2cc(F)ccc2F)c(=O)[nH]1. The molecule has 0 bridgehead atoms. The number of rotatable bonds is 2. The maximum atomic E-state index is 14.1. The van der Waals surface area contributed by atoms with Crippen LogP contribution in [0.5, 0.6) is 0 Å². The fourth-order valence-corrected chi connectivity index (χ4v) is 3.00. The molecule has 2 N–H and O–H groups in total. The minimum Gasteiger partial charge on any atom is -0.391 e. The van der Waals surface area contributed by atoms with Crippen LogP contribution in [-0.2, 0) is 0 Å². The number of nitrogens with zero attached hydrogens (tertiary/aromatic N) is 1. The molecule has 2 aromatic rings. The molecule has 0 unspecified atom stereocenters. The van der Waals surface area contributed by atoms with Gasteiger partial charge >= 0.3 is 0 Å². The summed E-state index contributed by atoms with van der Waals surface area (Å²) in [6, 6.07) is 5.12. The first-order valence-corrected chi connectivity index (χ1v) is 7.50. The van der Waals surface area contributed by atoms with E-state index in [0.29, 0.717) is 5.69 Å². The van der Waals surface area contributed by atoms with Crippen molar-refractivity contribution in [2.45, 2.75) is 25.5 Å². The summed E-state index contributed by atoms with van der Waals surface area (Å²) >= 11 is 0. The Kier molecular flexibility index (Phi) is 4.19. The number of aliphatic hydroxyl groups is 1. The Bertz CT molecular complexity index is 850. The maximum Gasteiger partial charge on any atom is 0.260 e. The van der Waals surface area contributed by atoms with Crippen molar-refractivity contribution >= 4 is 5.91 Å². The Morgan fingerprint density at radius 1 is 1.29 bits per heavy atom. The quantitative estimate of drug-likeness (QED) is 0.881. The van der Waals surface area contributed by atoms with Gasteiger partial charge in [-0.25, -0.2) is 8.78 Å². The number of aliphatic hydroxyl groups excluding tert-OH is 1. The number of pyridine rings is 1. The molecule has 1 fully saturated rings. The molecule has 1 amide bonds. The van der Waals surface area contributed by atoms with E-state index in [2.05, 4.69) is 4.98 Å². The molecule has 0 saturated carbocycles. The number of amides is 1. The minimum atomic E-state index is -0.869. The zero-order chi connectivity index (χ0) is 17.4. The molecule has 0 radical (unpaired) electrons. The van der Waals surface area contributed by atoms with Crippen LogP contribution in [0.3, 0.4) is 0 Å². The van der Waals surface area contributed by atoms with Gasteiger partial charge < -0.3 is 15.0 Å². The summed E-state index contributed by atoms with van der Waals surface area (Å²) in [5, 5.41) is 9.90. The van der Waals surface area contributed by atoms with E-state index in [1.54, 1.807) is 13.0 Å². The third-order valence-electron chi connectivity index (χ3n) is 4.14. The molecule has 7 heteroatoms. The van der Waals surface area contributed by atoms with E-state index in [4.69, 9.17) is 0 Å². The van der Waals surface area contributed by atoms with Crippen LogP contribution in [-0.4, -0.2) is 33.5 Å². The molecule has 2 atom stereocenters. The molecule has 1 saturated heterocycles. The molecule has 1 aliphatic rings. The summed E-state index contributed by atoms with van der Waals surface area (Å²) < 4.78 is 27.5. The van der Waals surface area contributed by atoms with Crippen LogP contribution in [0.4, 0.5) is 8.78 Å². The first-order chi connectivity index (χ1) is 11.4. The molecule has 1 aromatic heterocycles. The molecule has 24 heavy (non-hydrogen) atoms. The van der Waals surface area contributed by atoms with E-state index in [1.807, 2.05) is 0 Å². The van der Waals surface area contributed by atoms with Crippen LogP contribution in [0.25, 0.3) is 0 Å².